The second-order valence-electron chi connectivity index (χ2n) is 12.5. The van der Waals surface area contributed by atoms with E-state index in [1.807, 2.05) is 18.2 Å². The normalized spacial score (nSPS) is 19.2. The van der Waals surface area contributed by atoms with E-state index in [9.17, 15) is 4.39 Å². The van der Waals surface area contributed by atoms with Crippen LogP contribution in [0, 0.1) is 12.4 Å². The fraction of sp³-hybridized carbons (Fsp3) is 0.244. The molecule has 1 fully saturated rings. The summed E-state index contributed by atoms with van der Waals surface area (Å²) in [4.78, 5) is 6.14. The summed E-state index contributed by atoms with van der Waals surface area (Å²) in [6.45, 7) is 15.4. The fourth-order valence-electron chi connectivity index (χ4n) is 8.12. The summed E-state index contributed by atoms with van der Waals surface area (Å²) in [5, 5.41) is 2.18. The van der Waals surface area contributed by atoms with Crippen molar-refractivity contribution in [2.45, 2.75) is 37.7 Å². The van der Waals surface area contributed by atoms with Crippen LogP contribution < -0.4 is 9.64 Å². The molecule has 1 aliphatic carbocycles. The van der Waals surface area contributed by atoms with E-state index in [1.165, 1.54) is 34.4 Å². The lowest BCUT2D eigenvalue weighted by atomic mass is 9.71. The quantitative estimate of drug-likeness (QED) is 0.186. The maximum absolute atomic E-state index is 14.3. The first-order chi connectivity index (χ1) is 22.5. The third kappa shape index (κ3) is 4.06. The van der Waals surface area contributed by atoms with Crippen molar-refractivity contribution in [1.29, 1.82) is 0 Å². The van der Waals surface area contributed by atoms with Crippen LogP contribution in [0.2, 0.25) is 0 Å². The Labute approximate surface area is 269 Å². The summed E-state index contributed by atoms with van der Waals surface area (Å²) in [5.41, 5.74) is 8.45. The molecule has 0 bridgehead atoms. The van der Waals surface area contributed by atoms with E-state index < -0.39 is 5.60 Å². The average Bonchev–Trinajstić information content (AvgIpc) is 3.42. The molecular formula is C41H35FN2O2. The van der Waals surface area contributed by atoms with E-state index >= 15 is 0 Å². The molecule has 1 atom stereocenters. The Morgan fingerprint density at radius 2 is 1.52 bits per heavy atom. The second kappa shape index (κ2) is 10.9. The Kier molecular flexibility index (Phi) is 6.74. The molecule has 228 valence electrons. The molecule has 0 N–H and O–H groups in total. The number of nitrogens with zero attached hydrogens (tertiary/aromatic N) is 2. The highest BCUT2D eigenvalue weighted by Gasteiger charge is 2.46. The van der Waals surface area contributed by atoms with Crippen molar-refractivity contribution in [3.05, 3.63) is 142 Å². The minimum Gasteiger partial charge on any atom is -0.472 e. The number of benzene rings is 5. The Morgan fingerprint density at radius 1 is 0.848 bits per heavy atom. The highest BCUT2D eigenvalue weighted by atomic mass is 19.1. The van der Waals surface area contributed by atoms with E-state index in [-0.39, 0.29) is 11.2 Å². The largest absolute Gasteiger partial charge is 0.472 e. The van der Waals surface area contributed by atoms with Crippen LogP contribution in [0.3, 0.4) is 0 Å². The topological polar surface area (TPSA) is 26.1 Å². The summed E-state index contributed by atoms with van der Waals surface area (Å²) >= 11 is 0. The number of hydrogen-bond acceptors (Lipinski definition) is 3. The second-order valence-corrected chi connectivity index (χ2v) is 12.5. The first-order valence-electron chi connectivity index (χ1n) is 16.2. The summed E-state index contributed by atoms with van der Waals surface area (Å²) in [7, 11) is 0. The maximum atomic E-state index is 14.3. The van der Waals surface area contributed by atoms with E-state index in [0.717, 1.165) is 78.0 Å². The highest BCUT2D eigenvalue weighted by molar-refractivity contribution is 6.08. The van der Waals surface area contributed by atoms with Crippen LogP contribution in [0.25, 0.3) is 32.8 Å². The van der Waals surface area contributed by atoms with Crippen LogP contribution in [-0.2, 0) is 15.8 Å². The molecule has 0 aromatic heterocycles. The van der Waals surface area contributed by atoms with Gasteiger partial charge in [0.25, 0.3) is 0 Å². The minimum atomic E-state index is -0.967. The SMILES string of the molecule is [C-]#[N+]c1ccc2c(c1)C(CC)(CC)c1c3c(c4ccccc4c1-2)OC(c1ccc(F)cc1)(c1ccc(N2CCOCC2)cc1)C=C3. The van der Waals surface area contributed by atoms with Gasteiger partial charge in [-0.2, -0.15) is 0 Å². The third-order valence-corrected chi connectivity index (χ3v) is 10.5. The van der Waals surface area contributed by atoms with Crippen molar-refractivity contribution in [3.8, 4) is 16.9 Å². The Bertz CT molecular complexity index is 2050. The van der Waals surface area contributed by atoms with Crippen molar-refractivity contribution in [2.24, 2.45) is 0 Å². The number of ether oxygens (including phenoxy) is 2. The molecule has 2 aliphatic heterocycles. The molecule has 8 rings (SSSR count). The molecule has 1 saturated heterocycles. The average molecular weight is 607 g/mol. The van der Waals surface area contributed by atoms with Crippen LogP contribution >= 0.6 is 0 Å². The monoisotopic (exact) mass is 606 g/mol. The molecule has 4 nitrogen and oxygen atoms in total. The number of fused-ring (bicyclic) bond motifs is 8. The van der Waals surface area contributed by atoms with E-state index in [1.54, 1.807) is 0 Å². The van der Waals surface area contributed by atoms with Crippen LogP contribution in [0.1, 0.15) is 54.5 Å². The van der Waals surface area contributed by atoms with Gasteiger partial charge in [-0.05, 0) is 70.8 Å². The maximum Gasteiger partial charge on any atom is 0.187 e. The molecule has 0 spiro atoms. The van der Waals surface area contributed by atoms with Gasteiger partial charge in [-0.15, -0.1) is 0 Å². The molecule has 5 heteroatoms. The molecule has 0 radical (unpaired) electrons. The summed E-state index contributed by atoms with van der Waals surface area (Å²) in [6.07, 6.45) is 6.20. The third-order valence-electron chi connectivity index (χ3n) is 10.5. The predicted molar refractivity (Wildman–Crippen MR) is 183 cm³/mol. The molecule has 5 aromatic rings. The lowest BCUT2D eigenvalue weighted by Gasteiger charge is -2.39. The Morgan fingerprint density at radius 3 is 2.20 bits per heavy atom. The lowest BCUT2D eigenvalue weighted by molar-refractivity contribution is 0.122. The molecule has 5 aromatic carbocycles. The molecule has 0 saturated carbocycles. The van der Waals surface area contributed by atoms with E-state index in [2.05, 4.69) is 96.4 Å². The molecule has 46 heavy (non-hydrogen) atoms. The van der Waals surface area contributed by atoms with Gasteiger partial charge in [-0.1, -0.05) is 86.7 Å². The number of anilines is 1. The molecular weight excluding hydrogens is 571 g/mol. The van der Waals surface area contributed by atoms with E-state index in [4.69, 9.17) is 16.0 Å². The van der Waals surface area contributed by atoms with Crippen LogP contribution in [0.15, 0.2) is 97.1 Å². The zero-order chi connectivity index (χ0) is 31.5. The summed E-state index contributed by atoms with van der Waals surface area (Å²) in [5.74, 6) is 0.556. The van der Waals surface area contributed by atoms with Gasteiger partial charge in [-0.25, -0.2) is 9.24 Å². The zero-order valence-corrected chi connectivity index (χ0v) is 26.1. The van der Waals surface area contributed by atoms with Crippen molar-refractivity contribution >= 4 is 28.2 Å². The standard InChI is InChI=1S/C41H35FN2O2/c1-4-40(5-2)36-26-30(43-3)16-19-34(36)37-32-8-6-7-9-33(32)39-35(38(37)40)20-21-41(46-39,27-10-14-29(42)15-11-27)28-12-17-31(18-13-28)44-22-24-45-25-23-44/h6-21,26H,4-5,22-25H2,1-2H3. The summed E-state index contributed by atoms with van der Waals surface area (Å²) < 4.78 is 27.3. The van der Waals surface area contributed by atoms with E-state index in [0.29, 0.717) is 5.69 Å². The van der Waals surface area contributed by atoms with Crippen molar-refractivity contribution in [2.75, 3.05) is 31.2 Å². The number of halogens is 1. The predicted octanol–water partition coefficient (Wildman–Crippen LogP) is 9.80. The van der Waals surface area contributed by atoms with Crippen LogP contribution in [-0.4, -0.2) is 26.3 Å². The van der Waals surface area contributed by atoms with Crippen molar-refractivity contribution in [3.63, 3.8) is 0 Å². The van der Waals surface area contributed by atoms with Gasteiger partial charge < -0.3 is 14.4 Å². The highest BCUT2D eigenvalue weighted by Crippen LogP contribution is 2.60. The van der Waals surface area contributed by atoms with Gasteiger partial charge in [0.2, 0.25) is 0 Å². The molecule has 1 unspecified atom stereocenters. The van der Waals surface area contributed by atoms with Gasteiger partial charge in [0, 0.05) is 46.3 Å². The Hall–Kier alpha value is -4.92. The van der Waals surface area contributed by atoms with Gasteiger partial charge in [0.1, 0.15) is 11.6 Å². The van der Waals surface area contributed by atoms with Gasteiger partial charge >= 0.3 is 0 Å². The van der Waals surface area contributed by atoms with Gasteiger partial charge in [0.05, 0.1) is 19.8 Å². The molecule has 3 aliphatic rings. The smallest absolute Gasteiger partial charge is 0.187 e. The Balaban J connectivity index is 1.37. The minimum absolute atomic E-state index is 0.261. The first-order valence-corrected chi connectivity index (χ1v) is 16.2. The fourth-order valence-corrected chi connectivity index (χ4v) is 8.12. The van der Waals surface area contributed by atoms with Crippen molar-refractivity contribution < 1.29 is 13.9 Å². The molecule has 2 heterocycles. The van der Waals surface area contributed by atoms with Crippen molar-refractivity contribution in [1.82, 2.24) is 0 Å². The van der Waals surface area contributed by atoms with Crippen LogP contribution in [0.4, 0.5) is 15.8 Å². The van der Waals surface area contributed by atoms with Gasteiger partial charge in [-0.3, -0.25) is 0 Å². The molecule has 0 amide bonds. The van der Waals surface area contributed by atoms with Crippen LogP contribution in [0.5, 0.6) is 5.75 Å². The van der Waals surface area contributed by atoms with Gasteiger partial charge in [0.15, 0.2) is 11.3 Å². The number of morpholine rings is 1. The number of rotatable bonds is 5. The summed E-state index contributed by atoms with van der Waals surface area (Å²) in [6, 6.07) is 30.0. The first kappa shape index (κ1) is 28.5. The zero-order valence-electron chi connectivity index (χ0n) is 26.1. The lowest BCUT2D eigenvalue weighted by Crippen LogP contribution is -2.37. The number of hydrogen-bond donors (Lipinski definition) is 0.